The quantitative estimate of drug-likeness (QED) is 0.862. The van der Waals surface area contributed by atoms with Gasteiger partial charge in [0.1, 0.15) is 5.82 Å². The highest BCUT2D eigenvalue weighted by Crippen LogP contribution is 2.37. The summed E-state index contributed by atoms with van der Waals surface area (Å²) in [5, 5.41) is 11.0. The van der Waals surface area contributed by atoms with Gasteiger partial charge in [-0.2, -0.15) is 0 Å². The van der Waals surface area contributed by atoms with Gasteiger partial charge >= 0.3 is 0 Å². The molecule has 2 heterocycles. The van der Waals surface area contributed by atoms with Gasteiger partial charge in [-0.15, -0.1) is 0 Å². The molecule has 2 aliphatic heterocycles. The van der Waals surface area contributed by atoms with E-state index in [2.05, 4.69) is 11.0 Å². The molecule has 0 aliphatic carbocycles. The Morgan fingerprint density at radius 2 is 1.79 bits per heavy atom. The van der Waals surface area contributed by atoms with Gasteiger partial charge in [-0.05, 0) is 60.7 Å². The first-order valence-corrected chi connectivity index (χ1v) is 10.1. The molecule has 6 heteroatoms. The van der Waals surface area contributed by atoms with Gasteiger partial charge in [-0.1, -0.05) is 19.1 Å². The van der Waals surface area contributed by atoms with Crippen LogP contribution in [0.1, 0.15) is 43.7 Å². The number of aliphatic hydroxyl groups is 1. The molecule has 0 radical (unpaired) electrons. The van der Waals surface area contributed by atoms with Crippen molar-refractivity contribution in [3.05, 3.63) is 59.4 Å². The lowest BCUT2D eigenvalue weighted by molar-refractivity contribution is -0.126. The first-order valence-electron chi connectivity index (χ1n) is 10.1. The van der Waals surface area contributed by atoms with Crippen molar-refractivity contribution in [1.82, 2.24) is 0 Å². The Hall–Kier alpha value is -2.73. The third kappa shape index (κ3) is 3.65. The van der Waals surface area contributed by atoms with E-state index in [0.717, 1.165) is 16.8 Å². The SMILES string of the molecule is CCC(=O)N1C(=O)CCc2cc(N3CCC(O)(c4ccc(F)cc4)CC3)ccc21. The second-order valence-electron chi connectivity index (χ2n) is 7.81. The highest BCUT2D eigenvalue weighted by atomic mass is 19.1. The number of halogens is 1. The Bertz CT molecular complexity index is 934. The van der Waals surface area contributed by atoms with Crippen LogP contribution in [0.25, 0.3) is 0 Å². The number of piperidine rings is 1. The molecule has 0 bridgehead atoms. The number of carbonyl (C=O) groups is 2. The normalized spacial score (nSPS) is 18.5. The predicted octanol–water partition coefficient (Wildman–Crippen LogP) is 3.53. The zero-order valence-corrected chi connectivity index (χ0v) is 16.5. The molecule has 1 saturated heterocycles. The van der Waals surface area contributed by atoms with Gasteiger partial charge in [0.2, 0.25) is 11.8 Å². The summed E-state index contributed by atoms with van der Waals surface area (Å²) in [7, 11) is 0. The molecule has 1 fully saturated rings. The predicted molar refractivity (Wildman–Crippen MR) is 109 cm³/mol. The van der Waals surface area contributed by atoms with E-state index in [9.17, 15) is 19.1 Å². The molecule has 0 unspecified atom stereocenters. The minimum absolute atomic E-state index is 0.139. The van der Waals surface area contributed by atoms with Crippen LogP contribution in [0.3, 0.4) is 0 Å². The number of rotatable bonds is 3. The first-order chi connectivity index (χ1) is 13.9. The minimum Gasteiger partial charge on any atom is -0.385 e. The van der Waals surface area contributed by atoms with Crippen molar-refractivity contribution >= 4 is 23.2 Å². The summed E-state index contributed by atoms with van der Waals surface area (Å²) in [6.07, 6.45) is 2.36. The number of fused-ring (bicyclic) bond motifs is 1. The van der Waals surface area contributed by atoms with Crippen molar-refractivity contribution in [2.24, 2.45) is 0 Å². The smallest absolute Gasteiger partial charge is 0.234 e. The summed E-state index contributed by atoms with van der Waals surface area (Å²) in [6.45, 7) is 3.10. The molecule has 0 aromatic heterocycles. The molecule has 0 saturated carbocycles. The molecule has 2 aromatic carbocycles. The molecule has 2 aliphatic rings. The Morgan fingerprint density at radius 3 is 2.45 bits per heavy atom. The van der Waals surface area contributed by atoms with Gasteiger partial charge < -0.3 is 10.0 Å². The largest absolute Gasteiger partial charge is 0.385 e. The number of nitrogens with zero attached hydrogens (tertiary/aromatic N) is 2. The van der Waals surface area contributed by atoms with E-state index in [1.54, 1.807) is 19.1 Å². The summed E-state index contributed by atoms with van der Waals surface area (Å²) in [6, 6.07) is 11.9. The summed E-state index contributed by atoms with van der Waals surface area (Å²) >= 11 is 0. The van der Waals surface area contributed by atoms with Crippen LogP contribution in [0.2, 0.25) is 0 Å². The molecule has 152 valence electrons. The number of imide groups is 1. The second-order valence-corrected chi connectivity index (χ2v) is 7.81. The van der Waals surface area contributed by atoms with Crippen LogP contribution in [0.5, 0.6) is 0 Å². The number of hydrogen-bond donors (Lipinski definition) is 1. The summed E-state index contributed by atoms with van der Waals surface area (Å²) in [5.41, 5.74) is 2.52. The zero-order valence-electron chi connectivity index (χ0n) is 16.5. The van der Waals surface area contributed by atoms with Gasteiger partial charge in [-0.25, -0.2) is 4.39 Å². The number of benzene rings is 2. The molecule has 1 N–H and O–H groups in total. The molecule has 2 amide bonds. The maximum absolute atomic E-state index is 13.2. The third-order valence-electron chi connectivity index (χ3n) is 6.05. The van der Waals surface area contributed by atoms with Crippen LogP contribution in [0.15, 0.2) is 42.5 Å². The Balaban J connectivity index is 1.52. The van der Waals surface area contributed by atoms with Crippen LogP contribution in [0, 0.1) is 5.82 Å². The van der Waals surface area contributed by atoms with Crippen molar-refractivity contribution < 1.29 is 19.1 Å². The lowest BCUT2D eigenvalue weighted by Crippen LogP contribution is -2.43. The van der Waals surface area contributed by atoms with E-state index in [1.165, 1.54) is 17.0 Å². The molecular weight excluding hydrogens is 371 g/mol. The van der Waals surface area contributed by atoms with Gasteiger partial charge in [0.25, 0.3) is 0 Å². The van der Waals surface area contributed by atoms with E-state index in [0.29, 0.717) is 50.9 Å². The Kier molecular flexibility index (Phi) is 5.13. The summed E-state index contributed by atoms with van der Waals surface area (Å²) in [4.78, 5) is 27.9. The average Bonchev–Trinajstić information content (AvgIpc) is 2.74. The average molecular weight is 396 g/mol. The van der Waals surface area contributed by atoms with E-state index in [-0.39, 0.29) is 17.6 Å². The fourth-order valence-electron chi connectivity index (χ4n) is 4.29. The van der Waals surface area contributed by atoms with Crippen LogP contribution in [0.4, 0.5) is 15.8 Å². The molecular formula is C23H25FN2O3. The van der Waals surface area contributed by atoms with Gasteiger partial charge in [-0.3, -0.25) is 14.5 Å². The summed E-state index contributed by atoms with van der Waals surface area (Å²) in [5.74, 6) is -0.622. The van der Waals surface area contributed by atoms with Gasteiger partial charge in [0, 0.05) is 31.6 Å². The highest BCUT2D eigenvalue weighted by Gasteiger charge is 2.35. The zero-order chi connectivity index (χ0) is 20.6. The van der Waals surface area contributed by atoms with Crippen LogP contribution < -0.4 is 9.80 Å². The number of aryl methyl sites for hydroxylation is 1. The van der Waals surface area contributed by atoms with Crippen molar-refractivity contribution in [3.63, 3.8) is 0 Å². The Labute approximate surface area is 169 Å². The summed E-state index contributed by atoms with van der Waals surface area (Å²) < 4.78 is 13.2. The fourth-order valence-corrected chi connectivity index (χ4v) is 4.29. The number of anilines is 2. The van der Waals surface area contributed by atoms with Crippen molar-refractivity contribution in [1.29, 1.82) is 0 Å². The number of hydrogen-bond acceptors (Lipinski definition) is 4. The van der Waals surface area contributed by atoms with E-state index < -0.39 is 5.60 Å². The highest BCUT2D eigenvalue weighted by molar-refractivity contribution is 6.16. The maximum atomic E-state index is 13.2. The fraction of sp³-hybridized carbons (Fsp3) is 0.391. The molecule has 0 atom stereocenters. The van der Waals surface area contributed by atoms with Crippen molar-refractivity contribution in [3.8, 4) is 0 Å². The van der Waals surface area contributed by atoms with Gasteiger partial charge in [0.05, 0.1) is 11.3 Å². The van der Waals surface area contributed by atoms with Crippen LogP contribution >= 0.6 is 0 Å². The van der Waals surface area contributed by atoms with E-state index in [4.69, 9.17) is 0 Å². The second kappa shape index (κ2) is 7.59. The Morgan fingerprint density at radius 1 is 1.10 bits per heavy atom. The molecule has 29 heavy (non-hydrogen) atoms. The van der Waals surface area contributed by atoms with Crippen molar-refractivity contribution in [2.45, 2.75) is 44.6 Å². The third-order valence-corrected chi connectivity index (χ3v) is 6.05. The number of amides is 2. The molecule has 4 rings (SSSR count). The molecule has 5 nitrogen and oxygen atoms in total. The first kappa shape index (κ1) is 19.6. The molecule has 2 aromatic rings. The minimum atomic E-state index is -0.949. The lowest BCUT2D eigenvalue weighted by Gasteiger charge is -2.40. The number of carbonyl (C=O) groups excluding carboxylic acids is 2. The van der Waals surface area contributed by atoms with Crippen molar-refractivity contribution in [2.75, 3.05) is 22.9 Å². The van der Waals surface area contributed by atoms with Crippen LogP contribution in [-0.2, 0) is 21.6 Å². The van der Waals surface area contributed by atoms with E-state index >= 15 is 0 Å². The molecule has 0 spiro atoms. The standard InChI is InChI=1S/C23H25FN2O3/c1-2-21(27)26-20-9-8-19(15-16(20)3-10-22(26)28)25-13-11-23(29,12-14-25)17-4-6-18(24)7-5-17/h4-9,15,29H,2-3,10-14H2,1H3. The monoisotopic (exact) mass is 396 g/mol. The topological polar surface area (TPSA) is 60.9 Å². The van der Waals surface area contributed by atoms with Crippen LogP contribution in [-0.4, -0.2) is 30.0 Å². The van der Waals surface area contributed by atoms with E-state index in [1.807, 2.05) is 12.1 Å². The lowest BCUT2D eigenvalue weighted by atomic mass is 9.84. The maximum Gasteiger partial charge on any atom is 0.234 e. The van der Waals surface area contributed by atoms with Gasteiger partial charge in [0.15, 0.2) is 0 Å².